The van der Waals surface area contributed by atoms with Gasteiger partial charge in [0.05, 0.1) is 23.3 Å². The fraction of sp³-hybridized carbons (Fsp3) is 0.182. The molecule has 0 atom stereocenters. The lowest BCUT2D eigenvalue weighted by atomic mass is 10.1. The van der Waals surface area contributed by atoms with Crippen molar-refractivity contribution in [3.8, 4) is 0 Å². The monoisotopic (exact) mass is 252 g/mol. The first kappa shape index (κ1) is 11.8. The highest BCUT2D eigenvalue weighted by Crippen LogP contribution is 2.28. The second-order valence-corrected chi connectivity index (χ2v) is 5.65. The van der Waals surface area contributed by atoms with Crippen LogP contribution in [0.4, 0.5) is 5.69 Å². The topological polar surface area (TPSA) is 71.5 Å². The van der Waals surface area contributed by atoms with Gasteiger partial charge >= 0.3 is 0 Å². The zero-order valence-electron chi connectivity index (χ0n) is 8.92. The number of ketones is 1. The number of Topliss-reactive ketones (excluding diaryl/α,β-unsaturated/α-hetero) is 1. The lowest BCUT2D eigenvalue weighted by molar-refractivity contribution is -0.114. The minimum Gasteiger partial charge on any atom is -0.304 e. The average molecular weight is 252 g/mol. The van der Waals surface area contributed by atoms with Crippen LogP contribution in [0.25, 0.3) is 0 Å². The molecule has 0 saturated carbocycles. The summed E-state index contributed by atoms with van der Waals surface area (Å²) in [6.45, 7) is -0.0482. The van der Waals surface area contributed by atoms with Crippen molar-refractivity contribution < 1.29 is 18.0 Å². The molecule has 1 heterocycles. The summed E-state index contributed by atoms with van der Waals surface area (Å²) < 4.78 is 21.9. The number of para-hydroxylation sites is 1. The molecule has 1 radical (unpaired) electrons. The fourth-order valence-electron chi connectivity index (χ4n) is 1.70. The van der Waals surface area contributed by atoms with E-state index in [0.29, 0.717) is 11.3 Å². The fourth-order valence-corrected chi connectivity index (χ4v) is 2.16. The first-order chi connectivity index (χ1) is 7.90. The zero-order valence-corrected chi connectivity index (χ0v) is 9.74. The highest BCUT2D eigenvalue weighted by Gasteiger charge is 2.35. The number of nitrogens with zero attached hydrogens (tertiary/aromatic N) is 1. The van der Waals surface area contributed by atoms with Gasteiger partial charge in [-0.05, 0) is 12.1 Å². The summed E-state index contributed by atoms with van der Waals surface area (Å²) in [5.41, 5.74) is 0.783. The van der Waals surface area contributed by atoms with Gasteiger partial charge in [0.15, 0.2) is 9.84 Å². The molecule has 1 aromatic rings. The van der Waals surface area contributed by atoms with Crippen LogP contribution in [0.15, 0.2) is 24.3 Å². The van der Waals surface area contributed by atoms with Crippen LogP contribution < -0.4 is 4.90 Å². The zero-order chi connectivity index (χ0) is 12.6. The molecule has 5 nitrogen and oxygen atoms in total. The Morgan fingerprint density at radius 3 is 2.47 bits per heavy atom. The highest BCUT2D eigenvalue weighted by atomic mass is 32.2. The molecule has 0 aromatic heterocycles. The van der Waals surface area contributed by atoms with Gasteiger partial charge in [0.1, 0.15) is 0 Å². The lowest BCUT2D eigenvalue weighted by Gasteiger charge is -2.15. The van der Waals surface area contributed by atoms with E-state index in [1.807, 2.05) is 0 Å². The predicted octanol–water partition coefficient (Wildman–Crippen LogP) is 0.422. The minimum atomic E-state index is -3.41. The molecule has 17 heavy (non-hydrogen) atoms. The third kappa shape index (κ3) is 2.21. The number of carbonyl (C=O) groups excluding carboxylic acids is 2. The third-order valence-electron chi connectivity index (χ3n) is 2.50. The van der Waals surface area contributed by atoms with Crippen molar-refractivity contribution >= 4 is 27.2 Å². The smallest absolute Gasteiger partial charge is 0.299 e. The molecule has 0 unspecified atom stereocenters. The van der Waals surface area contributed by atoms with Crippen LogP contribution in [-0.2, 0) is 14.6 Å². The molecule has 0 N–H and O–H groups in total. The van der Waals surface area contributed by atoms with Crippen LogP contribution in [0.5, 0.6) is 0 Å². The van der Waals surface area contributed by atoms with Crippen molar-refractivity contribution in [1.82, 2.24) is 0 Å². The number of carbonyl (C=O) groups is 2. The molecule has 2 rings (SSSR count). The summed E-state index contributed by atoms with van der Waals surface area (Å²) in [5.74, 6) is -1.54. The van der Waals surface area contributed by atoms with Gasteiger partial charge in [-0.3, -0.25) is 9.59 Å². The van der Waals surface area contributed by atoms with E-state index in [9.17, 15) is 18.0 Å². The molecule has 1 aromatic carbocycles. The van der Waals surface area contributed by atoms with E-state index in [1.54, 1.807) is 24.3 Å². The Labute approximate surface area is 99.0 Å². The van der Waals surface area contributed by atoms with E-state index in [2.05, 4.69) is 6.26 Å². The van der Waals surface area contributed by atoms with Gasteiger partial charge in [0.25, 0.3) is 11.7 Å². The Kier molecular flexibility index (Phi) is 2.74. The van der Waals surface area contributed by atoms with Crippen LogP contribution >= 0.6 is 0 Å². The van der Waals surface area contributed by atoms with E-state index >= 15 is 0 Å². The molecule has 1 aliphatic heterocycles. The van der Waals surface area contributed by atoms with E-state index in [1.165, 1.54) is 4.90 Å². The molecule has 89 valence electrons. The van der Waals surface area contributed by atoms with E-state index < -0.39 is 21.5 Å². The first-order valence-corrected chi connectivity index (χ1v) is 6.73. The van der Waals surface area contributed by atoms with Crippen molar-refractivity contribution in [2.75, 3.05) is 17.2 Å². The summed E-state index contributed by atoms with van der Waals surface area (Å²) in [4.78, 5) is 24.4. The normalized spacial score (nSPS) is 15.2. The Balaban J connectivity index is 2.31. The van der Waals surface area contributed by atoms with Gasteiger partial charge < -0.3 is 4.90 Å². The van der Waals surface area contributed by atoms with Crippen LogP contribution in [0.1, 0.15) is 10.4 Å². The average Bonchev–Trinajstić information content (AvgIpc) is 2.49. The molecule has 0 aliphatic carbocycles. The van der Waals surface area contributed by atoms with E-state index in [-0.39, 0.29) is 12.3 Å². The number of amides is 1. The van der Waals surface area contributed by atoms with Crippen molar-refractivity contribution in [1.29, 1.82) is 0 Å². The Bertz CT molecular complexity index is 591. The number of rotatable bonds is 3. The first-order valence-electron chi connectivity index (χ1n) is 4.91. The van der Waals surface area contributed by atoms with Crippen LogP contribution in [0, 0.1) is 6.26 Å². The molecule has 0 spiro atoms. The van der Waals surface area contributed by atoms with Crippen LogP contribution in [-0.4, -0.2) is 32.4 Å². The van der Waals surface area contributed by atoms with Crippen LogP contribution in [0.3, 0.4) is 0 Å². The van der Waals surface area contributed by atoms with Crippen LogP contribution in [0.2, 0.25) is 0 Å². The Morgan fingerprint density at radius 1 is 1.18 bits per heavy atom. The molecule has 6 heteroatoms. The van der Waals surface area contributed by atoms with Crippen molar-refractivity contribution in [3.63, 3.8) is 0 Å². The second-order valence-electron chi connectivity index (χ2n) is 3.75. The summed E-state index contributed by atoms with van der Waals surface area (Å²) in [6, 6.07) is 6.52. The van der Waals surface area contributed by atoms with Gasteiger partial charge in [-0.15, -0.1) is 0 Å². The number of fused-ring (bicyclic) bond motifs is 1. The highest BCUT2D eigenvalue weighted by molar-refractivity contribution is 7.92. The van der Waals surface area contributed by atoms with Crippen molar-refractivity contribution in [2.45, 2.75) is 0 Å². The summed E-state index contributed by atoms with van der Waals surface area (Å²) in [6.07, 6.45) is 2.98. The van der Waals surface area contributed by atoms with Gasteiger partial charge in [0, 0.05) is 6.54 Å². The quantitative estimate of drug-likeness (QED) is 0.731. The van der Waals surface area contributed by atoms with Gasteiger partial charge in [0.2, 0.25) is 0 Å². The minimum absolute atomic E-state index is 0.0482. The molecule has 0 saturated heterocycles. The Hall–Kier alpha value is -1.69. The number of sulfone groups is 1. The molecule has 0 fully saturated rings. The number of hydrogen-bond donors (Lipinski definition) is 0. The summed E-state index contributed by atoms with van der Waals surface area (Å²) in [5, 5.41) is 0. The van der Waals surface area contributed by atoms with E-state index in [0.717, 1.165) is 0 Å². The van der Waals surface area contributed by atoms with E-state index in [4.69, 9.17) is 0 Å². The molecular weight excluding hydrogens is 242 g/mol. The molecular formula is C11H10NO4S. The number of hydrogen-bond acceptors (Lipinski definition) is 4. The second kappa shape index (κ2) is 3.96. The van der Waals surface area contributed by atoms with Crippen molar-refractivity contribution in [2.24, 2.45) is 0 Å². The third-order valence-corrected chi connectivity index (χ3v) is 3.31. The maximum atomic E-state index is 11.6. The largest absolute Gasteiger partial charge is 0.304 e. The summed E-state index contributed by atoms with van der Waals surface area (Å²) >= 11 is 0. The number of benzene rings is 1. The standard InChI is InChI=1S/C11H10NO4S/c1-17(15,16)7-6-12-9-5-3-2-4-8(9)10(13)11(12)14/h2-5H,1,6-7H2. The van der Waals surface area contributed by atoms with Gasteiger partial charge in [-0.2, -0.15) is 0 Å². The molecule has 1 aliphatic rings. The molecule has 0 bridgehead atoms. The number of anilines is 1. The summed E-state index contributed by atoms with van der Waals surface area (Å²) in [7, 11) is -3.41. The van der Waals surface area contributed by atoms with Gasteiger partial charge in [-0.1, -0.05) is 12.1 Å². The SMILES string of the molecule is [CH2]S(=O)(=O)CCN1C(=O)C(=O)c2ccccc21. The lowest BCUT2D eigenvalue weighted by Crippen LogP contribution is -2.33. The maximum absolute atomic E-state index is 11.6. The predicted molar refractivity (Wildman–Crippen MR) is 62.3 cm³/mol. The van der Waals surface area contributed by atoms with Crippen molar-refractivity contribution in [3.05, 3.63) is 36.1 Å². The maximum Gasteiger partial charge on any atom is 0.299 e. The molecule has 1 amide bonds. The Morgan fingerprint density at radius 2 is 1.82 bits per heavy atom. The van der Waals surface area contributed by atoms with Gasteiger partial charge in [-0.25, -0.2) is 8.42 Å².